The summed E-state index contributed by atoms with van der Waals surface area (Å²) in [6.07, 6.45) is -3.23. The van der Waals surface area contributed by atoms with Gasteiger partial charge in [-0.25, -0.2) is 10.2 Å². The molecular formula is C33H25ClF3N3O4. The van der Waals surface area contributed by atoms with Crippen molar-refractivity contribution in [3.8, 4) is 22.6 Å². The first kappa shape index (κ1) is 30.4. The molecule has 7 nitrogen and oxygen atoms in total. The third-order valence-corrected chi connectivity index (χ3v) is 6.93. The molecule has 224 valence electrons. The summed E-state index contributed by atoms with van der Waals surface area (Å²) in [4.78, 5) is 29.1. The summed E-state index contributed by atoms with van der Waals surface area (Å²) >= 11 is 6.50. The highest BCUT2D eigenvalue weighted by atomic mass is 35.5. The molecule has 0 radical (unpaired) electrons. The van der Waals surface area contributed by atoms with E-state index in [0.717, 1.165) is 34.7 Å². The van der Waals surface area contributed by atoms with Gasteiger partial charge in [0.05, 0.1) is 23.9 Å². The Balaban J connectivity index is 1.36. The summed E-state index contributed by atoms with van der Waals surface area (Å²) in [5, 5.41) is 5.42. The zero-order valence-corrected chi connectivity index (χ0v) is 24.2. The number of aryl methyl sites for hydroxylation is 1. The number of nitrogens with one attached hydrogen (secondary N) is 2. The van der Waals surface area contributed by atoms with Crippen molar-refractivity contribution in [2.45, 2.75) is 20.0 Å². The number of benzene rings is 4. The predicted molar refractivity (Wildman–Crippen MR) is 163 cm³/mol. The average Bonchev–Trinajstić information content (AvgIpc) is 3.37. The van der Waals surface area contributed by atoms with Gasteiger partial charge in [0.2, 0.25) is 0 Å². The summed E-state index contributed by atoms with van der Waals surface area (Å²) in [5.74, 6) is -1.31. The van der Waals surface area contributed by atoms with E-state index in [1.165, 1.54) is 24.4 Å². The average molecular weight is 620 g/mol. The summed E-state index contributed by atoms with van der Waals surface area (Å²) < 4.78 is 50.2. The van der Waals surface area contributed by atoms with Crippen LogP contribution in [-0.4, -0.2) is 29.7 Å². The van der Waals surface area contributed by atoms with Crippen LogP contribution in [0.2, 0.25) is 5.02 Å². The Morgan fingerprint density at radius 3 is 2.52 bits per heavy atom. The Labute approximate surface area is 255 Å². The lowest BCUT2D eigenvalue weighted by Crippen LogP contribution is -2.19. The fourth-order valence-electron chi connectivity index (χ4n) is 4.58. The zero-order chi connectivity index (χ0) is 31.4. The maximum absolute atomic E-state index is 13.3. The van der Waals surface area contributed by atoms with Crippen molar-refractivity contribution < 1.29 is 32.2 Å². The molecule has 1 heterocycles. The number of hydrogen-bond donors (Lipinski definition) is 2. The van der Waals surface area contributed by atoms with E-state index in [2.05, 4.69) is 15.5 Å². The van der Waals surface area contributed by atoms with E-state index in [9.17, 15) is 22.8 Å². The number of amides is 1. The summed E-state index contributed by atoms with van der Waals surface area (Å²) in [5.41, 5.74) is 5.18. The molecule has 2 N–H and O–H groups in total. The number of alkyl halides is 3. The number of aromatic nitrogens is 1. The van der Waals surface area contributed by atoms with Crippen molar-refractivity contribution in [3.05, 3.63) is 118 Å². The highest BCUT2D eigenvalue weighted by molar-refractivity contribution is 6.34. The van der Waals surface area contributed by atoms with E-state index < -0.39 is 23.6 Å². The molecule has 0 unspecified atom stereocenters. The van der Waals surface area contributed by atoms with Crippen LogP contribution in [0.5, 0.6) is 11.5 Å². The SMILES string of the molecule is CCOc1cc(C=NNC(=O)c2[nH]c3ccc(C)cc3c2-c2ccccc2Cl)ccc1OC(=O)c1cccc(C(F)(F)F)c1. The minimum atomic E-state index is -4.60. The number of halogens is 4. The first-order valence-electron chi connectivity index (χ1n) is 13.4. The van der Waals surface area contributed by atoms with Gasteiger partial charge in [-0.1, -0.05) is 47.5 Å². The predicted octanol–water partition coefficient (Wildman–Crippen LogP) is 8.20. The molecule has 5 aromatic rings. The van der Waals surface area contributed by atoms with Crippen LogP contribution in [0.25, 0.3) is 22.0 Å². The lowest BCUT2D eigenvalue weighted by molar-refractivity contribution is -0.137. The lowest BCUT2D eigenvalue weighted by Gasteiger charge is -2.12. The second kappa shape index (κ2) is 12.6. The summed E-state index contributed by atoms with van der Waals surface area (Å²) in [7, 11) is 0. The van der Waals surface area contributed by atoms with Crippen LogP contribution in [0.4, 0.5) is 13.2 Å². The molecule has 4 aromatic carbocycles. The summed E-state index contributed by atoms with van der Waals surface area (Å²) in [6.45, 7) is 3.90. The third-order valence-electron chi connectivity index (χ3n) is 6.60. The highest BCUT2D eigenvalue weighted by Crippen LogP contribution is 2.37. The Kier molecular flexibility index (Phi) is 8.73. The number of aromatic amines is 1. The molecule has 0 saturated heterocycles. The maximum Gasteiger partial charge on any atom is 0.416 e. The summed E-state index contributed by atoms with van der Waals surface area (Å²) in [6, 6.07) is 21.5. The molecule has 0 aliphatic rings. The van der Waals surface area contributed by atoms with Gasteiger partial charge in [0, 0.05) is 27.1 Å². The number of hydrogen-bond acceptors (Lipinski definition) is 5. The van der Waals surface area contributed by atoms with Crippen molar-refractivity contribution in [2.75, 3.05) is 6.61 Å². The van der Waals surface area contributed by atoms with Crippen molar-refractivity contribution in [1.29, 1.82) is 0 Å². The molecule has 0 bridgehead atoms. The minimum Gasteiger partial charge on any atom is -0.490 e. The first-order chi connectivity index (χ1) is 21.0. The van der Waals surface area contributed by atoms with Crippen LogP contribution in [0.1, 0.15) is 44.5 Å². The minimum absolute atomic E-state index is 0.00759. The Morgan fingerprint density at radius 1 is 0.977 bits per heavy atom. The second-order valence-corrected chi connectivity index (χ2v) is 10.1. The lowest BCUT2D eigenvalue weighted by atomic mass is 10.0. The number of esters is 1. The molecule has 0 atom stereocenters. The van der Waals surface area contributed by atoms with Crippen molar-refractivity contribution >= 4 is 40.6 Å². The van der Waals surface area contributed by atoms with Gasteiger partial charge in [-0.2, -0.15) is 18.3 Å². The molecule has 11 heteroatoms. The van der Waals surface area contributed by atoms with E-state index in [-0.39, 0.29) is 29.4 Å². The monoisotopic (exact) mass is 619 g/mol. The molecule has 0 spiro atoms. The van der Waals surface area contributed by atoms with Crippen LogP contribution >= 0.6 is 11.6 Å². The van der Waals surface area contributed by atoms with Crippen LogP contribution in [-0.2, 0) is 6.18 Å². The molecule has 0 aliphatic carbocycles. The van der Waals surface area contributed by atoms with Gasteiger partial charge in [0.15, 0.2) is 11.5 Å². The first-order valence-corrected chi connectivity index (χ1v) is 13.8. The second-order valence-electron chi connectivity index (χ2n) is 9.71. The van der Waals surface area contributed by atoms with E-state index in [1.54, 1.807) is 19.1 Å². The van der Waals surface area contributed by atoms with E-state index in [4.69, 9.17) is 21.1 Å². The van der Waals surface area contributed by atoms with Gasteiger partial charge in [-0.05, 0) is 74.0 Å². The third kappa shape index (κ3) is 6.60. The number of ether oxygens (including phenoxy) is 2. The van der Waals surface area contributed by atoms with Crippen LogP contribution in [0.15, 0.2) is 90.0 Å². The number of H-pyrrole nitrogens is 1. The highest BCUT2D eigenvalue weighted by Gasteiger charge is 2.31. The standard InChI is InChI=1S/C33H25ClF3N3O4/c1-3-43-28-16-20(12-14-27(28)44-32(42)21-7-6-8-22(17-21)33(35,36)37)18-38-40-31(41)30-29(23-9-4-5-10-25(23)34)24-15-19(2)11-13-26(24)39-30/h4-18,39H,3H2,1-2H3,(H,40,41). The molecule has 0 fully saturated rings. The van der Waals surface area contributed by atoms with E-state index in [1.807, 2.05) is 43.3 Å². The van der Waals surface area contributed by atoms with Gasteiger partial charge in [-0.3, -0.25) is 4.79 Å². The Morgan fingerprint density at radius 2 is 1.77 bits per heavy atom. The molecule has 44 heavy (non-hydrogen) atoms. The zero-order valence-electron chi connectivity index (χ0n) is 23.5. The Bertz CT molecular complexity index is 1900. The fourth-order valence-corrected chi connectivity index (χ4v) is 4.81. The number of hydrazone groups is 1. The normalized spacial score (nSPS) is 11.6. The largest absolute Gasteiger partial charge is 0.490 e. The Hall–Kier alpha value is -5.09. The quantitative estimate of drug-likeness (QED) is 0.0792. The van der Waals surface area contributed by atoms with Crippen LogP contribution in [0, 0.1) is 6.92 Å². The van der Waals surface area contributed by atoms with E-state index in [0.29, 0.717) is 21.7 Å². The fraction of sp³-hybridized carbons (Fsp3) is 0.121. The van der Waals surface area contributed by atoms with Crippen LogP contribution in [0.3, 0.4) is 0 Å². The molecule has 0 saturated carbocycles. The molecule has 5 rings (SSSR count). The van der Waals surface area contributed by atoms with Crippen molar-refractivity contribution in [3.63, 3.8) is 0 Å². The van der Waals surface area contributed by atoms with Gasteiger partial charge < -0.3 is 14.5 Å². The molecule has 1 aromatic heterocycles. The van der Waals surface area contributed by atoms with Gasteiger partial charge in [0.1, 0.15) is 5.69 Å². The number of rotatable bonds is 8. The number of fused-ring (bicyclic) bond motifs is 1. The topological polar surface area (TPSA) is 92.8 Å². The van der Waals surface area contributed by atoms with Gasteiger partial charge in [-0.15, -0.1) is 0 Å². The van der Waals surface area contributed by atoms with Crippen molar-refractivity contribution in [2.24, 2.45) is 5.10 Å². The van der Waals surface area contributed by atoms with E-state index >= 15 is 0 Å². The molecular weight excluding hydrogens is 595 g/mol. The molecule has 0 aliphatic heterocycles. The smallest absolute Gasteiger partial charge is 0.416 e. The molecule has 1 amide bonds. The number of nitrogens with zero attached hydrogens (tertiary/aromatic N) is 1. The number of carbonyl (C=O) groups excluding carboxylic acids is 2. The van der Waals surface area contributed by atoms with Gasteiger partial charge >= 0.3 is 12.1 Å². The van der Waals surface area contributed by atoms with Gasteiger partial charge in [0.25, 0.3) is 5.91 Å². The maximum atomic E-state index is 13.3. The van der Waals surface area contributed by atoms with Crippen LogP contribution < -0.4 is 14.9 Å². The van der Waals surface area contributed by atoms with Crippen molar-refractivity contribution in [1.82, 2.24) is 10.4 Å². The number of carbonyl (C=O) groups is 2.